The minimum absolute atomic E-state index is 0.148. The molecule has 384 valence electrons. The number of nitrogens with zero attached hydrogens (tertiary/aromatic N) is 2. The molecule has 4 saturated heterocycles. The van der Waals surface area contributed by atoms with Crippen molar-refractivity contribution in [3.05, 3.63) is 59.7 Å². The monoisotopic (exact) mass is 967 g/mol. The smallest absolute Gasteiger partial charge is 0.303 e. The van der Waals surface area contributed by atoms with Gasteiger partial charge in [0.2, 0.25) is 0 Å². The summed E-state index contributed by atoms with van der Waals surface area (Å²) in [5.41, 5.74) is 0.159. The number of esters is 4. The number of carbonyl (C=O) groups is 4. The molecule has 4 fully saturated rings. The fraction of sp³-hybridized carbons (Fsp3) is 0.698. The van der Waals surface area contributed by atoms with Crippen LogP contribution in [-0.4, -0.2) is 145 Å². The Hall–Kier alpha value is -4.32. The molecule has 0 aromatic heterocycles. The molecule has 0 saturated carbocycles. The highest BCUT2D eigenvalue weighted by Crippen LogP contribution is 2.50. The molecule has 0 bridgehead atoms. The van der Waals surface area contributed by atoms with E-state index in [4.69, 9.17) is 47.4 Å². The van der Waals surface area contributed by atoms with E-state index in [0.717, 1.165) is 11.1 Å². The van der Waals surface area contributed by atoms with E-state index >= 15 is 0 Å². The van der Waals surface area contributed by atoms with Gasteiger partial charge in [-0.3, -0.25) is 29.0 Å². The fourth-order valence-corrected chi connectivity index (χ4v) is 11.6. The largest absolute Gasteiger partial charge is 0.490 e. The maximum Gasteiger partial charge on any atom is 0.303 e. The van der Waals surface area contributed by atoms with Crippen LogP contribution < -0.4 is 9.47 Å². The van der Waals surface area contributed by atoms with Gasteiger partial charge in [-0.15, -0.1) is 0 Å². The van der Waals surface area contributed by atoms with Crippen molar-refractivity contribution in [1.82, 2.24) is 9.80 Å². The maximum atomic E-state index is 12.4. The van der Waals surface area contributed by atoms with Gasteiger partial charge in [-0.25, -0.2) is 0 Å². The summed E-state index contributed by atoms with van der Waals surface area (Å²) in [6.45, 7) is 29.2. The Morgan fingerprint density at radius 1 is 0.551 bits per heavy atom. The molecule has 0 amide bonds. The van der Waals surface area contributed by atoms with E-state index in [-0.39, 0.29) is 67.9 Å². The highest BCUT2D eigenvalue weighted by molar-refractivity contribution is 5.67. The van der Waals surface area contributed by atoms with E-state index in [2.05, 4.69) is 103 Å². The van der Waals surface area contributed by atoms with Gasteiger partial charge in [0, 0.05) is 94.0 Å². The molecule has 0 N–H and O–H groups in total. The summed E-state index contributed by atoms with van der Waals surface area (Å²) in [4.78, 5) is 52.3. The molecule has 2 spiro atoms. The first-order valence-corrected chi connectivity index (χ1v) is 24.3. The van der Waals surface area contributed by atoms with Crippen LogP contribution in [-0.2, 0) is 62.5 Å². The number of benzene rings is 2. The van der Waals surface area contributed by atoms with Crippen LogP contribution in [0.25, 0.3) is 0 Å². The Morgan fingerprint density at radius 2 is 0.870 bits per heavy atom. The zero-order chi connectivity index (χ0) is 50.8. The molecular formula is C53H78N2O14. The second kappa shape index (κ2) is 20.8. The van der Waals surface area contributed by atoms with Crippen LogP contribution in [0.1, 0.15) is 134 Å². The van der Waals surface area contributed by atoms with Gasteiger partial charge in [-0.1, -0.05) is 38.1 Å². The van der Waals surface area contributed by atoms with Crippen LogP contribution in [0.2, 0.25) is 0 Å². The summed E-state index contributed by atoms with van der Waals surface area (Å²) in [5.74, 6) is -1.80. The molecule has 2 aromatic rings. The summed E-state index contributed by atoms with van der Waals surface area (Å²) in [5, 5.41) is 0. The SMILES string of the molecule is CC(=O)OCC1COC2(CC(C)(C)N(CC(COc3ccc(C(C)(C)c4ccc(OCC(CN5C(C)(C)CC6(CC5(C)C)OCC(COC(C)=O)O6)OC(C)=O)cc4)cc3)OC(C)=O)C(C)(C)C2)O1. The maximum absolute atomic E-state index is 12.4. The van der Waals surface area contributed by atoms with Gasteiger partial charge in [-0.2, -0.15) is 0 Å². The Kier molecular flexibility index (Phi) is 16.3. The highest BCUT2D eigenvalue weighted by atomic mass is 16.8. The van der Waals surface area contributed by atoms with Crippen molar-refractivity contribution in [2.45, 2.75) is 186 Å². The van der Waals surface area contributed by atoms with Crippen molar-refractivity contribution >= 4 is 23.9 Å². The first kappa shape index (κ1) is 54.0. The van der Waals surface area contributed by atoms with Crippen molar-refractivity contribution in [2.24, 2.45) is 0 Å². The summed E-state index contributed by atoms with van der Waals surface area (Å²) >= 11 is 0. The molecule has 4 aliphatic heterocycles. The van der Waals surface area contributed by atoms with E-state index in [0.29, 0.717) is 63.5 Å². The average Bonchev–Trinajstić information content (AvgIpc) is 3.80. The Bertz CT molecular complexity index is 1930. The minimum Gasteiger partial charge on any atom is -0.490 e. The number of likely N-dealkylation sites (tertiary alicyclic amines) is 2. The van der Waals surface area contributed by atoms with Crippen molar-refractivity contribution in [3.63, 3.8) is 0 Å². The number of carbonyl (C=O) groups excluding carboxylic acids is 4. The van der Waals surface area contributed by atoms with Crippen LogP contribution in [0.15, 0.2) is 48.5 Å². The lowest BCUT2D eigenvalue weighted by atomic mass is 9.75. The van der Waals surface area contributed by atoms with Gasteiger partial charge in [0.05, 0.1) is 13.2 Å². The lowest BCUT2D eigenvalue weighted by Crippen LogP contribution is -2.67. The first-order valence-electron chi connectivity index (χ1n) is 24.3. The number of hydrogen-bond donors (Lipinski definition) is 0. The van der Waals surface area contributed by atoms with Gasteiger partial charge in [0.25, 0.3) is 0 Å². The van der Waals surface area contributed by atoms with Gasteiger partial charge < -0.3 is 47.4 Å². The highest BCUT2D eigenvalue weighted by Gasteiger charge is 2.59. The van der Waals surface area contributed by atoms with Crippen LogP contribution in [0.3, 0.4) is 0 Å². The van der Waals surface area contributed by atoms with E-state index in [1.807, 2.05) is 24.3 Å². The van der Waals surface area contributed by atoms with Crippen LogP contribution in [0.4, 0.5) is 0 Å². The van der Waals surface area contributed by atoms with Crippen molar-refractivity contribution in [2.75, 3.05) is 52.7 Å². The molecule has 6 rings (SSSR count). The molecular weight excluding hydrogens is 889 g/mol. The van der Waals surface area contributed by atoms with E-state index in [1.165, 1.54) is 27.7 Å². The lowest BCUT2D eigenvalue weighted by molar-refractivity contribution is -0.251. The third-order valence-electron chi connectivity index (χ3n) is 14.0. The number of hydrogen-bond acceptors (Lipinski definition) is 16. The number of piperidine rings is 2. The van der Waals surface area contributed by atoms with Crippen LogP contribution >= 0.6 is 0 Å². The molecule has 0 radical (unpaired) electrons. The third kappa shape index (κ3) is 13.6. The van der Waals surface area contributed by atoms with Crippen molar-refractivity contribution in [3.8, 4) is 11.5 Å². The van der Waals surface area contributed by atoms with Gasteiger partial charge in [0.1, 0.15) is 62.3 Å². The van der Waals surface area contributed by atoms with E-state index < -0.39 is 45.9 Å². The fourth-order valence-electron chi connectivity index (χ4n) is 11.6. The average molecular weight is 967 g/mol. The molecule has 16 heteroatoms. The molecule has 16 nitrogen and oxygen atoms in total. The molecule has 4 atom stereocenters. The molecule has 0 aliphatic carbocycles. The summed E-state index contributed by atoms with van der Waals surface area (Å²) < 4.78 is 60.1. The van der Waals surface area contributed by atoms with Crippen LogP contribution in [0, 0.1) is 0 Å². The number of ether oxygens (including phenoxy) is 10. The van der Waals surface area contributed by atoms with E-state index in [9.17, 15) is 19.2 Å². The Balaban J connectivity index is 1.04. The lowest BCUT2D eigenvalue weighted by Gasteiger charge is -2.58. The Labute approximate surface area is 409 Å². The topological polar surface area (TPSA) is 167 Å². The predicted octanol–water partition coefficient (Wildman–Crippen LogP) is 7.29. The molecule has 2 aromatic carbocycles. The standard InChI is InChI=1S/C53H78N2O14/c1-35(56)60-27-45-29-64-52(68-45)31-47(5,6)54(48(7,8)32-52)23-43(66-37(3)58)25-62-41-19-15-39(16-20-41)51(13,14)40-17-21-42(22-18-40)63-26-44(67-38(4)59)24-55-49(9,10)33-53(34-50(55,11)12)65-30-46(69-53)28-61-36(2)57/h15-22,43-46H,23-34H2,1-14H3. The normalized spacial score (nSPS) is 24.3. The van der Waals surface area contributed by atoms with Gasteiger partial charge in [0.15, 0.2) is 11.6 Å². The molecule has 69 heavy (non-hydrogen) atoms. The molecule has 4 heterocycles. The van der Waals surface area contributed by atoms with Crippen molar-refractivity contribution < 1.29 is 66.5 Å². The summed E-state index contributed by atoms with van der Waals surface area (Å²) in [7, 11) is 0. The summed E-state index contributed by atoms with van der Waals surface area (Å²) in [6, 6.07) is 16.0. The molecule has 4 unspecified atom stereocenters. The van der Waals surface area contributed by atoms with Gasteiger partial charge in [-0.05, 0) is 90.8 Å². The first-order chi connectivity index (χ1) is 32.0. The zero-order valence-corrected chi connectivity index (χ0v) is 43.5. The van der Waals surface area contributed by atoms with E-state index in [1.54, 1.807) is 0 Å². The Morgan fingerprint density at radius 3 is 1.16 bits per heavy atom. The molecule has 4 aliphatic rings. The predicted molar refractivity (Wildman–Crippen MR) is 256 cm³/mol. The van der Waals surface area contributed by atoms with Gasteiger partial charge >= 0.3 is 23.9 Å². The second-order valence-electron chi connectivity index (χ2n) is 22.5. The second-order valence-corrected chi connectivity index (χ2v) is 22.5. The quantitative estimate of drug-likeness (QED) is 0.108. The summed E-state index contributed by atoms with van der Waals surface area (Å²) in [6.07, 6.45) is 0.538. The van der Waals surface area contributed by atoms with Crippen LogP contribution in [0.5, 0.6) is 11.5 Å². The van der Waals surface area contributed by atoms with Crippen molar-refractivity contribution in [1.29, 1.82) is 0 Å². The zero-order valence-electron chi connectivity index (χ0n) is 43.5. The third-order valence-corrected chi connectivity index (χ3v) is 14.0. The number of rotatable bonds is 18. The minimum atomic E-state index is -0.817.